The minimum atomic E-state index is -3.64. The SMILES string of the molecule is COCCN1C(=O)C(=O)C(=C(O)c2ccc(S(=O)(=O)N(C)C)cc2)C1c1ccccc1. The molecule has 0 bridgehead atoms. The average Bonchev–Trinajstić information content (AvgIpc) is 3.02. The summed E-state index contributed by atoms with van der Waals surface area (Å²) in [5.41, 5.74) is 0.866. The van der Waals surface area contributed by atoms with Crippen molar-refractivity contribution in [1.29, 1.82) is 0 Å². The number of hydrogen-bond donors (Lipinski definition) is 1. The lowest BCUT2D eigenvalue weighted by molar-refractivity contribution is -0.140. The van der Waals surface area contributed by atoms with E-state index in [4.69, 9.17) is 4.74 Å². The van der Waals surface area contributed by atoms with Crippen molar-refractivity contribution in [3.63, 3.8) is 0 Å². The number of likely N-dealkylation sites (tertiary alicyclic amines) is 1. The van der Waals surface area contributed by atoms with Gasteiger partial charge in [0.2, 0.25) is 10.0 Å². The number of aliphatic hydroxyl groups excluding tert-OH is 1. The fourth-order valence-corrected chi connectivity index (χ4v) is 4.33. The molecule has 1 unspecified atom stereocenters. The quantitative estimate of drug-likeness (QED) is 0.398. The summed E-state index contributed by atoms with van der Waals surface area (Å²) in [4.78, 5) is 27.0. The van der Waals surface area contributed by atoms with Gasteiger partial charge in [0.15, 0.2) is 0 Å². The van der Waals surface area contributed by atoms with Gasteiger partial charge in [-0.05, 0) is 29.8 Å². The van der Waals surface area contributed by atoms with E-state index in [9.17, 15) is 23.1 Å². The highest BCUT2D eigenvalue weighted by molar-refractivity contribution is 7.89. The number of amides is 1. The molecule has 1 N–H and O–H groups in total. The lowest BCUT2D eigenvalue weighted by atomic mass is 9.95. The number of carbonyl (C=O) groups is 2. The minimum absolute atomic E-state index is 0.0458. The van der Waals surface area contributed by atoms with Crippen molar-refractivity contribution in [2.45, 2.75) is 10.9 Å². The molecule has 1 aliphatic heterocycles. The number of carbonyl (C=O) groups excluding carboxylic acids is 2. The molecular weight excluding hydrogens is 420 g/mol. The monoisotopic (exact) mass is 444 g/mol. The summed E-state index contributed by atoms with van der Waals surface area (Å²) in [5, 5.41) is 11.0. The summed E-state index contributed by atoms with van der Waals surface area (Å²) in [5.74, 6) is -1.88. The average molecular weight is 445 g/mol. The van der Waals surface area contributed by atoms with Crippen molar-refractivity contribution in [1.82, 2.24) is 9.21 Å². The number of benzene rings is 2. The number of methoxy groups -OCH3 is 1. The van der Waals surface area contributed by atoms with Crippen LogP contribution in [0.4, 0.5) is 0 Å². The number of Topliss-reactive ketones (excluding diaryl/α,β-unsaturated/α-hetero) is 1. The van der Waals surface area contributed by atoms with E-state index in [1.165, 1.54) is 50.4 Å². The van der Waals surface area contributed by atoms with Gasteiger partial charge in [-0.1, -0.05) is 30.3 Å². The molecule has 0 aliphatic carbocycles. The third kappa shape index (κ3) is 4.25. The Morgan fingerprint density at radius 1 is 1.06 bits per heavy atom. The Morgan fingerprint density at radius 2 is 1.68 bits per heavy atom. The van der Waals surface area contributed by atoms with Gasteiger partial charge in [-0.25, -0.2) is 12.7 Å². The van der Waals surface area contributed by atoms with Gasteiger partial charge in [-0.15, -0.1) is 0 Å². The second kappa shape index (κ2) is 9.01. The Kier molecular flexibility index (Phi) is 6.59. The third-order valence-electron chi connectivity index (χ3n) is 5.10. The predicted octanol–water partition coefficient (Wildman–Crippen LogP) is 2.00. The Morgan fingerprint density at radius 3 is 2.23 bits per heavy atom. The van der Waals surface area contributed by atoms with Crippen LogP contribution >= 0.6 is 0 Å². The molecule has 1 saturated heterocycles. The Labute approximate surface area is 181 Å². The molecule has 1 amide bonds. The number of ether oxygens (including phenoxy) is 1. The van der Waals surface area contributed by atoms with Crippen LogP contribution in [0.1, 0.15) is 17.2 Å². The Balaban J connectivity index is 2.10. The molecule has 1 fully saturated rings. The second-order valence-electron chi connectivity index (χ2n) is 7.21. The minimum Gasteiger partial charge on any atom is -0.507 e. The number of nitrogens with zero attached hydrogens (tertiary/aromatic N) is 2. The molecule has 9 heteroatoms. The van der Waals surface area contributed by atoms with E-state index in [1.807, 2.05) is 6.07 Å². The summed E-state index contributed by atoms with van der Waals surface area (Å²) in [7, 11) is 0.702. The Bertz CT molecular complexity index is 1110. The van der Waals surface area contributed by atoms with Crippen molar-refractivity contribution >= 4 is 27.5 Å². The number of aliphatic hydroxyl groups is 1. The molecule has 3 rings (SSSR count). The van der Waals surface area contributed by atoms with Crippen molar-refractivity contribution < 1.29 is 27.9 Å². The first kappa shape index (κ1) is 22.7. The van der Waals surface area contributed by atoms with Crippen LogP contribution in [0.3, 0.4) is 0 Å². The maximum absolute atomic E-state index is 12.8. The fraction of sp³-hybridized carbons (Fsp3) is 0.273. The van der Waals surface area contributed by atoms with E-state index in [-0.39, 0.29) is 34.9 Å². The van der Waals surface area contributed by atoms with Crippen LogP contribution in [0.2, 0.25) is 0 Å². The van der Waals surface area contributed by atoms with Gasteiger partial charge in [0.05, 0.1) is 23.1 Å². The number of ketones is 1. The first-order chi connectivity index (χ1) is 14.7. The van der Waals surface area contributed by atoms with Crippen molar-refractivity contribution in [3.8, 4) is 0 Å². The van der Waals surface area contributed by atoms with Crippen LogP contribution in [-0.2, 0) is 24.3 Å². The van der Waals surface area contributed by atoms with Crippen LogP contribution in [0.25, 0.3) is 5.76 Å². The molecule has 1 atom stereocenters. The van der Waals surface area contributed by atoms with Gasteiger partial charge in [0, 0.05) is 33.3 Å². The normalized spacial score (nSPS) is 18.7. The molecule has 0 saturated carbocycles. The molecule has 0 radical (unpaired) electrons. The maximum atomic E-state index is 12.8. The summed E-state index contributed by atoms with van der Waals surface area (Å²) >= 11 is 0. The van der Waals surface area contributed by atoms with Gasteiger partial charge in [0.25, 0.3) is 11.7 Å². The largest absolute Gasteiger partial charge is 0.507 e. The van der Waals surface area contributed by atoms with Crippen molar-refractivity contribution in [2.24, 2.45) is 0 Å². The summed E-state index contributed by atoms with van der Waals surface area (Å²) in [6, 6.07) is 13.7. The van der Waals surface area contributed by atoms with E-state index in [1.54, 1.807) is 24.3 Å². The summed E-state index contributed by atoms with van der Waals surface area (Å²) in [6.45, 7) is 0.408. The van der Waals surface area contributed by atoms with Crippen molar-refractivity contribution in [2.75, 3.05) is 34.4 Å². The highest BCUT2D eigenvalue weighted by Crippen LogP contribution is 2.39. The maximum Gasteiger partial charge on any atom is 0.295 e. The molecule has 1 heterocycles. The van der Waals surface area contributed by atoms with Crippen LogP contribution in [0, 0.1) is 0 Å². The Hall–Kier alpha value is -3.01. The highest BCUT2D eigenvalue weighted by Gasteiger charge is 2.45. The van der Waals surface area contributed by atoms with Gasteiger partial charge in [0.1, 0.15) is 5.76 Å². The molecule has 0 spiro atoms. The molecule has 164 valence electrons. The topological polar surface area (TPSA) is 104 Å². The zero-order valence-corrected chi connectivity index (χ0v) is 18.3. The molecule has 31 heavy (non-hydrogen) atoms. The van der Waals surface area contributed by atoms with Gasteiger partial charge in [-0.3, -0.25) is 9.59 Å². The van der Waals surface area contributed by atoms with Crippen LogP contribution in [0.5, 0.6) is 0 Å². The zero-order valence-electron chi connectivity index (χ0n) is 17.5. The molecule has 0 aromatic heterocycles. The number of hydrogen-bond acceptors (Lipinski definition) is 6. The first-order valence-electron chi connectivity index (χ1n) is 9.55. The van der Waals surface area contributed by atoms with Crippen LogP contribution in [-0.4, -0.2) is 68.8 Å². The van der Waals surface area contributed by atoms with Crippen molar-refractivity contribution in [3.05, 3.63) is 71.3 Å². The number of sulfonamides is 1. The molecule has 1 aliphatic rings. The van der Waals surface area contributed by atoms with Gasteiger partial charge in [-0.2, -0.15) is 0 Å². The second-order valence-corrected chi connectivity index (χ2v) is 9.36. The standard InChI is InChI=1S/C22H24N2O6S/c1-23(2)31(28,29)17-11-9-16(10-12-17)20(25)18-19(15-7-5-4-6-8-15)24(13-14-30-3)22(27)21(18)26/h4-12,19,25H,13-14H2,1-3H3. The van der Waals surface area contributed by atoms with Crippen LogP contribution < -0.4 is 0 Å². The van der Waals surface area contributed by atoms with Gasteiger partial charge >= 0.3 is 0 Å². The first-order valence-corrected chi connectivity index (χ1v) is 11.0. The van der Waals surface area contributed by atoms with E-state index in [0.717, 1.165) is 4.31 Å². The van der Waals surface area contributed by atoms with Crippen LogP contribution in [0.15, 0.2) is 65.1 Å². The lowest BCUT2D eigenvalue weighted by Crippen LogP contribution is -2.32. The fourth-order valence-electron chi connectivity index (χ4n) is 3.43. The predicted molar refractivity (Wildman–Crippen MR) is 115 cm³/mol. The van der Waals surface area contributed by atoms with E-state index in [0.29, 0.717) is 5.56 Å². The highest BCUT2D eigenvalue weighted by atomic mass is 32.2. The molecular formula is C22H24N2O6S. The molecule has 2 aromatic rings. The molecule has 8 nitrogen and oxygen atoms in total. The third-order valence-corrected chi connectivity index (χ3v) is 6.93. The molecule has 2 aromatic carbocycles. The summed E-state index contributed by atoms with van der Waals surface area (Å²) in [6.07, 6.45) is 0. The zero-order chi connectivity index (χ0) is 22.8. The van der Waals surface area contributed by atoms with E-state index >= 15 is 0 Å². The number of rotatable bonds is 7. The van der Waals surface area contributed by atoms with E-state index < -0.39 is 27.8 Å². The van der Waals surface area contributed by atoms with Gasteiger partial charge < -0.3 is 14.7 Å². The summed E-state index contributed by atoms with van der Waals surface area (Å²) < 4.78 is 30.7. The smallest absolute Gasteiger partial charge is 0.295 e. The lowest BCUT2D eigenvalue weighted by Gasteiger charge is -2.25. The van der Waals surface area contributed by atoms with E-state index in [2.05, 4.69) is 0 Å².